The lowest BCUT2D eigenvalue weighted by Crippen LogP contribution is -2.16. The van der Waals surface area contributed by atoms with Gasteiger partial charge in [-0.25, -0.2) is 4.98 Å². The maximum Gasteiger partial charge on any atom is 0.259 e. The first-order valence-corrected chi connectivity index (χ1v) is 7.96. The van der Waals surface area contributed by atoms with Crippen LogP contribution in [0.1, 0.15) is 35.6 Å². The number of amides is 1. The van der Waals surface area contributed by atoms with Crippen molar-refractivity contribution < 1.29 is 4.79 Å². The lowest BCUT2D eigenvalue weighted by molar-refractivity contribution is 0.1000. The molecule has 7 heteroatoms. The average Bonchev–Trinajstić information content (AvgIpc) is 2.54. The zero-order valence-electron chi connectivity index (χ0n) is 14.0. The van der Waals surface area contributed by atoms with Crippen molar-refractivity contribution in [3.05, 3.63) is 64.0 Å². The number of nitrogens with two attached hydrogens (primary N) is 1. The molecule has 7 nitrogen and oxygen atoms in total. The second-order valence-corrected chi connectivity index (χ2v) is 6.11. The number of aromatic nitrogens is 3. The zero-order chi connectivity index (χ0) is 18.0. The average molecular weight is 337 g/mol. The van der Waals surface area contributed by atoms with E-state index in [0.717, 1.165) is 16.8 Å². The number of hydrogen-bond donors (Lipinski definition) is 3. The highest BCUT2D eigenvalue weighted by Crippen LogP contribution is 2.21. The van der Waals surface area contributed by atoms with Crippen LogP contribution in [-0.4, -0.2) is 26.9 Å². The number of nitrogens with zero attached hydrogens (tertiary/aromatic N) is 2. The number of anilines is 1. The van der Waals surface area contributed by atoms with E-state index in [1.165, 1.54) is 6.20 Å². The fraction of sp³-hybridized carbons (Fsp3) is 0.222. The fourth-order valence-electron chi connectivity index (χ4n) is 2.60. The minimum absolute atomic E-state index is 0.138. The van der Waals surface area contributed by atoms with Crippen molar-refractivity contribution in [1.82, 2.24) is 15.0 Å². The fourth-order valence-corrected chi connectivity index (χ4v) is 2.60. The summed E-state index contributed by atoms with van der Waals surface area (Å²) in [7, 11) is 0. The van der Waals surface area contributed by atoms with Crippen molar-refractivity contribution >= 4 is 22.5 Å². The number of carbonyl (C=O) groups excluding carboxylic acids is 1. The maximum atomic E-state index is 12.2. The normalized spacial score (nSPS) is 11.0. The molecule has 3 rings (SSSR count). The quantitative estimate of drug-likeness (QED) is 0.657. The van der Waals surface area contributed by atoms with Crippen molar-refractivity contribution in [1.29, 1.82) is 0 Å². The Morgan fingerprint density at radius 3 is 2.72 bits per heavy atom. The summed E-state index contributed by atoms with van der Waals surface area (Å²) in [6, 6.07) is 7.25. The number of nitrogens with one attached hydrogen (secondary N) is 2. The van der Waals surface area contributed by atoms with Gasteiger partial charge in [-0.2, -0.15) is 0 Å². The molecule has 3 aromatic heterocycles. The summed E-state index contributed by atoms with van der Waals surface area (Å²) in [6.45, 7) is 3.98. The van der Waals surface area contributed by atoms with Gasteiger partial charge < -0.3 is 16.0 Å². The summed E-state index contributed by atoms with van der Waals surface area (Å²) in [5, 5.41) is 4.58. The summed E-state index contributed by atoms with van der Waals surface area (Å²) in [5.41, 5.74) is 6.95. The molecule has 0 atom stereocenters. The van der Waals surface area contributed by atoms with Gasteiger partial charge in [0.1, 0.15) is 5.82 Å². The van der Waals surface area contributed by atoms with Crippen molar-refractivity contribution in [2.45, 2.75) is 26.3 Å². The van der Waals surface area contributed by atoms with Crippen molar-refractivity contribution in [3.8, 4) is 0 Å². The van der Waals surface area contributed by atoms with Crippen LogP contribution in [-0.2, 0) is 6.42 Å². The van der Waals surface area contributed by atoms with Crippen LogP contribution in [0.5, 0.6) is 0 Å². The second kappa shape index (κ2) is 6.72. The summed E-state index contributed by atoms with van der Waals surface area (Å²) in [4.78, 5) is 34.8. The van der Waals surface area contributed by atoms with Gasteiger partial charge in [0, 0.05) is 36.2 Å². The Morgan fingerprint density at radius 1 is 1.28 bits per heavy atom. The third-order valence-corrected chi connectivity index (χ3v) is 3.70. The molecule has 25 heavy (non-hydrogen) atoms. The molecule has 3 heterocycles. The Labute approximate surface area is 144 Å². The first kappa shape index (κ1) is 16.6. The first-order chi connectivity index (χ1) is 11.9. The van der Waals surface area contributed by atoms with E-state index in [1.807, 2.05) is 26.0 Å². The number of primary amides is 1. The minimum Gasteiger partial charge on any atom is -0.367 e. The van der Waals surface area contributed by atoms with Gasteiger partial charge in [0.05, 0.1) is 10.9 Å². The van der Waals surface area contributed by atoms with E-state index in [9.17, 15) is 9.59 Å². The smallest absolute Gasteiger partial charge is 0.259 e. The molecular formula is C18H19N5O2. The molecule has 0 unspecified atom stereocenters. The number of fused-ring (bicyclic) bond motifs is 1. The van der Waals surface area contributed by atoms with Crippen LogP contribution in [0.2, 0.25) is 0 Å². The third kappa shape index (κ3) is 3.65. The molecule has 4 N–H and O–H groups in total. The summed E-state index contributed by atoms with van der Waals surface area (Å²) < 4.78 is 0. The van der Waals surface area contributed by atoms with Crippen LogP contribution in [0, 0.1) is 0 Å². The Balaban J connectivity index is 2.01. The third-order valence-electron chi connectivity index (χ3n) is 3.70. The van der Waals surface area contributed by atoms with Crippen molar-refractivity contribution in [2.24, 2.45) is 5.73 Å². The summed E-state index contributed by atoms with van der Waals surface area (Å²) >= 11 is 0. The standard InChI is InChI=1S/C18H19N5O2/c1-10(2)22-17-15-11(5-6-20-18(15)25)7-14(23-17)8-13-4-3-12(9-21-13)16(19)24/h3-7,9-10H,8H2,1-2H3,(H2,19,24)(H,20,25)(H,22,23). The molecule has 3 aromatic rings. The predicted octanol–water partition coefficient (Wildman–Crippen LogP) is 1.83. The minimum atomic E-state index is -0.509. The zero-order valence-corrected chi connectivity index (χ0v) is 14.0. The Hall–Kier alpha value is -3.22. The SMILES string of the molecule is CC(C)Nc1nc(Cc2ccc(C(N)=O)cn2)cc2cc[nH]c(=O)c12. The number of H-pyrrole nitrogens is 1. The number of pyridine rings is 3. The van der Waals surface area contributed by atoms with Crippen molar-refractivity contribution in [3.63, 3.8) is 0 Å². The van der Waals surface area contributed by atoms with E-state index < -0.39 is 5.91 Å². The van der Waals surface area contributed by atoms with Crippen LogP contribution < -0.4 is 16.6 Å². The molecule has 0 bridgehead atoms. The summed E-state index contributed by atoms with van der Waals surface area (Å²) in [6.07, 6.45) is 3.55. The monoisotopic (exact) mass is 337 g/mol. The summed E-state index contributed by atoms with van der Waals surface area (Å²) in [5.74, 6) is 0.0450. The molecular weight excluding hydrogens is 318 g/mol. The highest BCUT2D eigenvalue weighted by molar-refractivity contribution is 5.92. The molecule has 0 radical (unpaired) electrons. The first-order valence-electron chi connectivity index (χ1n) is 7.96. The van der Waals surface area contributed by atoms with Gasteiger partial charge in [0.25, 0.3) is 5.56 Å². The van der Waals surface area contributed by atoms with Gasteiger partial charge in [0.2, 0.25) is 5.91 Å². The van der Waals surface area contributed by atoms with E-state index >= 15 is 0 Å². The van der Waals surface area contributed by atoms with Crippen LogP contribution in [0.4, 0.5) is 5.82 Å². The van der Waals surface area contributed by atoms with Gasteiger partial charge >= 0.3 is 0 Å². The lowest BCUT2D eigenvalue weighted by Gasteiger charge is -2.13. The molecule has 128 valence electrons. The van der Waals surface area contributed by atoms with Gasteiger partial charge in [0.15, 0.2) is 0 Å². The molecule has 0 saturated carbocycles. The molecule has 0 saturated heterocycles. The second-order valence-electron chi connectivity index (χ2n) is 6.11. The molecule has 0 aromatic carbocycles. The van der Waals surface area contributed by atoms with Crippen LogP contribution in [0.15, 0.2) is 41.5 Å². The Bertz CT molecular complexity index is 977. The molecule has 1 amide bonds. The van der Waals surface area contributed by atoms with Gasteiger partial charge in [-0.1, -0.05) is 0 Å². The predicted molar refractivity (Wildman–Crippen MR) is 96.7 cm³/mol. The number of rotatable bonds is 5. The van der Waals surface area contributed by atoms with E-state index in [2.05, 4.69) is 20.3 Å². The number of hydrogen-bond acceptors (Lipinski definition) is 5. The highest BCUT2D eigenvalue weighted by Gasteiger charge is 2.11. The number of aromatic amines is 1. The van der Waals surface area contributed by atoms with Crippen LogP contribution in [0.3, 0.4) is 0 Å². The molecule has 0 aliphatic heterocycles. The molecule has 0 spiro atoms. The highest BCUT2D eigenvalue weighted by atomic mass is 16.1. The topological polar surface area (TPSA) is 114 Å². The van der Waals surface area contributed by atoms with Gasteiger partial charge in [-0.05, 0) is 43.5 Å². The van der Waals surface area contributed by atoms with E-state index in [4.69, 9.17) is 5.73 Å². The van der Waals surface area contributed by atoms with Gasteiger partial charge in [-0.15, -0.1) is 0 Å². The van der Waals surface area contributed by atoms with Crippen LogP contribution >= 0.6 is 0 Å². The number of carbonyl (C=O) groups is 1. The van der Waals surface area contributed by atoms with Crippen LogP contribution in [0.25, 0.3) is 10.8 Å². The van der Waals surface area contributed by atoms with E-state index in [1.54, 1.807) is 18.3 Å². The molecule has 0 fully saturated rings. The molecule has 0 aliphatic carbocycles. The van der Waals surface area contributed by atoms with E-state index in [0.29, 0.717) is 23.2 Å². The van der Waals surface area contributed by atoms with Crippen molar-refractivity contribution in [2.75, 3.05) is 5.32 Å². The molecule has 0 aliphatic rings. The Morgan fingerprint density at radius 2 is 2.08 bits per heavy atom. The lowest BCUT2D eigenvalue weighted by atomic mass is 10.1. The van der Waals surface area contributed by atoms with Gasteiger partial charge in [-0.3, -0.25) is 14.6 Å². The Kier molecular flexibility index (Phi) is 4.47. The largest absolute Gasteiger partial charge is 0.367 e. The maximum absolute atomic E-state index is 12.2. The van der Waals surface area contributed by atoms with E-state index in [-0.39, 0.29) is 11.6 Å².